The molecule has 0 aliphatic carbocycles. The van der Waals surface area contributed by atoms with Gasteiger partial charge in [0, 0.05) is 31.3 Å². The number of phenols is 2. The first kappa shape index (κ1) is 27.5. The number of methoxy groups -OCH3 is 2. The van der Waals surface area contributed by atoms with Crippen LogP contribution in [0.3, 0.4) is 0 Å². The topological polar surface area (TPSA) is 93.1 Å². The van der Waals surface area contributed by atoms with E-state index in [1.165, 1.54) is 13.8 Å². The van der Waals surface area contributed by atoms with E-state index in [2.05, 4.69) is 13.8 Å². The van der Waals surface area contributed by atoms with Crippen LogP contribution in [0.5, 0.6) is 11.5 Å². The molecule has 2 N–H and O–H groups in total. The Balaban J connectivity index is 2.86. The highest BCUT2D eigenvalue weighted by Gasteiger charge is 2.28. The van der Waals surface area contributed by atoms with Crippen molar-refractivity contribution in [3.8, 4) is 11.5 Å². The van der Waals surface area contributed by atoms with Gasteiger partial charge in [-0.05, 0) is 61.6 Å². The van der Waals surface area contributed by atoms with Crippen molar-refractivity contribution in [2.75, 3.05) is 14.2 Å². The summed E-state index contributed by atoms with van der Waals surface area (Å²) in [4.78, 5) is 24.7. The zero-order valence-electron chi connectivity index (χ0n) is 21.2. The highest BCUT2D eigenvalue weighted by molar-refractivity contribution is 6.04. The fourth-order valence-electron chi connectivity index (χ4n) is 4.68. The highest BCUT2D eigenvalue weighted by Crippen LogP contribution is 2.42. The van der Waals surface area contributed by atoms with Gasteiger partial charge in [0.05, 0.1) is 24.3 Å². The van der Waals surface area contributed by atoms with Crippen molar-refractivity contribution < 1.29 is 29.3 Å². The quantitative estimate of drug-likeness (QED) is 0.341. The summed E-state index contributed by atoms with van der Waals surface area (Å²) in [6.07, 6.45) is 3.94. The molecule has 2 atom stereocenters. The van der Waals surface area contributed by atoms with Crippen molar-refractivity contribution in [2.45, 2.75) is 72.5 Å². The zero-order valence-corrected chi connectivity index (χ0v) is 21.2. The van der Waals surface area contributed by atoms with Crippen molar-refractivity contribution in [2.24, 2.45) is 5.92 Å². The first-order chi connectivity index (χ1) is 16.2. The minimum atomic E-state index is -0.298. The van der Waals surface area contributed by atoms with Gasteiger partial charge in [0.1, 0.15) is 11.5 Å². The van der Waals surface area contributed by atoms with Crippen LogP contribution in [0.25, 0.3) is 0 Å². The first-order valence-corrected chi connectivity index (χ1v) is 11.9. The molecule has 6 heteroatoms. The Morgan fingerprint density at radius 1 is 0.824 bits per heavy atom. The molecule has 0 bridgehead atoms. The van der Waals surface area contributed by atoms with Gasteiger partial charge >= 0.3 is 0 Å². The Bertz CT molecular complexity index is 948. The van der Waals surface area contributed by atoms with Crippen LogP contribution >= 0.6 is 0 Å². The maximum atomic E-state index is 12.3. The van der Waals surface area contributed by atoms with Crippen LogP contribution in [0, 0.1) is 5.92 Å². The summed E-state index contributed by atoms with van der Waals surface area (Å²) in [7, 11) is 3.15. The number of phenolic OH excluding ortho intramolecular Hbond substituents is 2. The molecule has 6 nitrogen and oxygen atoms in total. The highest BCUT2D eigenvalue weighted by atomic mass is 16.5. The number of unbranched alkanes of at least 4 members (excludes halogenated alkanes) is 1. The van der Waals surface area contributed by atoms with E-state index in [1.807, 2.05) is 12.1 Å². The summed E-state index contributed by atoms with van der Waals surface area (Å²) < 4.78 is 10.7. The number of Topliss-reactive ketones (excluding diaryl/α,β-unsaturated/α-hetero) is 2. The molecule has 0 aliphatic heterocycles. The molecule has 0 fully saturated rings. The fourth-order valence-corrected chi connectivity index (χ4v) is 4.68. The Labute approximate surface area is 202 Å². The second kappa shape index (κ2) is 12.7. The van der Waals surface area contributed by atoms with Gasteiger partial charge in [-0.1, -0.05) is 33.1 Å². The predicted molar refractivity (Wildman–Crippen MR) is 133 cm³/mol. The first-order valence-electron chi connectivity index (χ1n) is 11.9. The molecule has 0 saturated carbocycles. The van der Waals surface area contributed by atoms with Crippen LogP contribution in [0.1, 0.15) is 102 Å². The third-order valence-corrected chi connectivity index (χ3v) is 6.42. The molecule has 0 amide bonds. The Hall–Kier alpha value is -2.70. The molecule has 0 aliphatic rings. The number of hydrogen-bond acceptors (Lipinski definition) is 6. The van der Waals surface area contributed by atoms with E-state index in [9.17, 15) is 19.8 Å². The minimum Gasteiger partial charge on any atom is -0.507 e. The summed E-state index contributed by atoms with van der Waals surface area (Å²) in [5.41, 5.74) is 3.35. The van der Waals surface area contributed by atoms with Crippen LogP contribution in [-0.2, 0) is 22.7 Å². The Morgan fingerprint density at radius 3 is 1.68 bits per heavy atom. The average molecular weight is 471 g/mol. The monoisotopic (exact) mass is 470 g/mol. The van der Waals surface area contributed by atoms with Gasteiger partial charge in [-0.15, -0.1) is 0 Å². The maximum absolute atomic E-state index is 12.3. The lowest BCUT2D eigenvalue weighted by atomic mass is 9.75. The van der Waals surface area contributed by atoms with Gasteiger partial charge in [-0.25, -0.2) is 0 Å². The van der Waals surface area contributed by atoms with E-state index >= 15 is 0 Å². The average Bonchev–Trinajstić information content (AvgIpc) is 2.79. The Kier molecular flexibility index (Phi) is 10.3. The van der Waals surface area contributed by atoms with Crippen LogP contribution < -0.4 is 0 Å². The third-order valence-electron chi connectivity index (χ3n) is 6.42. The number of rotatable bonds is 13. The molecule has 34 heavy (non-hydrogen) atoms. The minimum absolute atomic E-state index is 0.144. The number of aromatic hydroxyl groups is 2. The lowest BCUT2D eigenvalue weighted by molar-refractivity contribution is 0.101. The second-order valence-corrected chi connectivity index (χ2v) is 8.92. The molecule has 0 saturated heterocycles. The Morgan fingerprint density at radius 2 is 1.29 bits per heavy atom. The predicted octanol–water partition coefficient (Wildman–Crippen LogP) is 6.14. The van der Waals surface area contributed by atoms with E-state index in [0.717, 1.165) is 36.8 Å². The van der Waals surface area contributed by atoms with Crippen molar-refractivity contribution >= 4 is 11.6 Å². The molecule has 0 heterocycles. The standard InChI is InChI=1S/C28H38O6/c1-7-9-10-19(8-2)26(20-11-22(15-33-5)27(31)23(12-20)16-34-6)21-13-24(17(3)29)28(32)25(14-21)18(4)30/h11-14,19,26,31-32H,7-10,15-16H2,1-6H3. The van der Waals surface area contributed by atoms with Gasteiger partial charge in [0.2, 0.25) is 0 Å². The van der Waals surface area contributed by atoms with Gasteiger partial charge < -0.3 is 19.7 Å². The van der Waals surface area contributed by atoms with Crippen molar-refractivity contribution in [3.05, 3.63) is 57.6 Å². The van der Waals surface area contributed by atoms with Gasteiger partial charge in [0.15, 0.2) is 11.6 Å². The number of hydrogen-bond donors (Lipinski definition) is 2. The number of ketones is 2. The molecule has 2 aromatic rings. The number of carbonyl (C=O) groups excluding carboxylic acids is 2. The van der Waals surface area contributed by atoms with E-state index in [1.54, 1.807) is 26.4 Å². The van der Waals surface area contributed by atoms with Gasteiger partial charge in [-0.2, -0.15) is 0 Å². The van der Waals surface area contributed by atoms with Gasteiger partial charge in [0.25, 0.3) is 0 Å². The zero-order chi connectivity index (χ0) is 25.4. The molecule has 0 spiro atoms. The smallest absolute Gasteiger partial charge is 0.163 e. The van der Waals surface area contributed by atoms with Crippen molar-refractivity contribution in [1.29, 1.82) is 0 Å². The molecule has 186 valence electrons. The molecule has 2 aromatic carbocycles. The summed E-state index contributed by atoms with van der Waals surface area (Å²) >= 11 is 0. The molecular weight excluding hydrogens is 432 g/mol. The SMILES string of the molecule is CCCCC(CC)C(c1cc(COC)c(O)c(COC)c1)c1cc(C(C)=O)c(O)c(C(C)=O)c1. The van der Waals surface area contributed by atoms with Crippen molar-refractivity contribution in [1.82, 2.24) is 0 Å². The second-order valence-electron chi connectivity index (χ2n) is 8.92. The normalized spacial score (nSPS) is 13.0. The van der Waals surface area contributed by atoms with Crippen molar-refractivity contribution in [3.63, 3.8) is 0 Å². The van der Waals surface area contributed by atoms with Crippen LogP contribution in [-0.4, -0.2) is 36.0 Å². The summed E-state index contributed by atoms with van der Waals surface area (Å²) in [5.74, 6) is -0.650. The summed E-state index contributed by atoms with van der Waals surface area (Å²) in [5, 5.41) is 21.4. The number of benzene rings is 2. The molecule has 2 rings (SSSR count). The van der Waals surface area contributed by atoms with E-state index in [0.29, 0.717) is 11.1 Å². The molecular formula is C28H38O6. The van der Waals surface area contributed by atoms with E-state index in [-0.39, 0.29) is 59.2 Å². The molecule has 0 radical (unpaired) electrons. The molecule has 0 aromatic heterocycles. The lowest BCUT2D eigenvalue weighted by Gasteiger charge is -2.29. The van der Waals surface area contributed by atoms with E-state index < -0.39 is 0 Å². The molecule has 2 unspecified atom stereocenters. The largest absolute Gasteiger partial charge is 0.507 e. The number of carbonyl (C=O) groups is 2. The lowest BCUT2D eigenvalue weighted by Crippen LogP contribution is -2.17. The van der Waals surface area contributed by atoms with Crippen LogP contribution in [0.2, 0.25) is 0 Å². The van der Waals surface area contributed by atoms with Crippen LogP contribution in [0.4, 0.5) is 0 Å². The third kappa shape index (κ3) is 6.24. The van der Waals surface area contributed by atoms with E-state index in [4.69, 9.17) is 9.47 Å². The fraction of sp³-hybridized carbons (Fsp3) is 0.500. The van der Waals surface area contributed by atoms with Gasteiger partial charge in [-0.3, -0.25) is 9.59 Å². The maximum Gasteiger partial charge on any atom is 0.163 e. The van der Waals surface area contributed by atoms with Crippen LogP contribution in [0.15, 0.2) is 24.3 Å². The summed E-state index contributed by atoms with van der Waals surface area (Å²) in [6.45, 7) is 7.54. The summed E-state index contributed by atoms with van der Waals surface area (Å²) in [6, 6.07) is 7.29. The number of ether oxygens (including phenoxy) is 2.